The van der Waals surface area contributed by atoms with E-state index >= 15 is 0 Å². The van der Waals surface area contributed by atoms with E-state index in [0.29, 0.717) is 5.88 Å². The Labute approximate surface area is 97.4 Å². The topological polar surface area (TPSA) is 9.23 Å². The van der Waals surface area contributed by atoms with Gasteiger partial charge in [-0.1, -0.05) is 26.3 Å². The lowest BCUT2D eigenvalue weighted by molar-refractivity contribution is 0.309. The van der Waals surface area contributed by atoms with Gasteiger partial charge in [0.2, 0.25) is 0 Å². The molecule has 15 heavy (non-hydrogen) atoms. The molecule has 1 rings (SSSR count). The van der Waals surface area contributed by atoms with Crippen LogP contribution < -0.4 is 4.74 Å². The molecule has 0 saturated heterocycles. The third-order valence-corrected chi connectivity index (χ3v) is 2.76. The second-order valence-corrected chi connectivity index (χ2v) is 3.89. The number of rotatable bonds is 6. The van der Waals surface area contributed by atoms with Gasteiger partial charge in [0.05, 0.1) is 6.61 Å². The van der Waals surface area contributed by atoms with Crippen molar-refractivity contribution in [3.8, 4) is 5.75 Å². The Morgan fingerprint density at radius 1 is 1.20 bits per heavy atom. The summed E-state index contributed by atoms with van der Waals surface area (Å²) in [5.74, 6) is 1.55. The maximum absolute atomic E-state index is 5.85. The van der Waals surface area contributed by atoms with Gasteiger partial charge in [0.1, 0.15) is 5.75 Å². The molecule has 1 aromatic carbocycles. The number of aryl methyl sites for hydroxylation is 1. The van der Waals surface area contributed by atoms with E-state index in [9.17, 15) is 0 Å². The molecule has 0 atom stereocenters. The third kappa shape index (κ3) is 3.75. The van der Waals surface area contributed by atoms with Crippen molar-refractivity contribution in [2.75, 3.05) is 6.61 Å². The third-order valence-electron chi connectivity index (χ3n) is 2.47. The molecule has 0 N–H and O–H groups in total. The van der Waals surface area contributed by atoms with Gasteiger partial charge in [0, 0.05) is 5.88 Å². The van der Waals surface area contributed by atoms with E-state index in [0.717, 1.165) is 25.2 Å². The lowest BCUT2D eigenvalue weighted by atomic mass is 10.1. The second-order valence-electron chi connectivity index (χ2n) is 3.62. The van der Waals surface area contributed by atoms with Crippen LogP contribution in [0.2, 0.25) is 0 Å². The largest absolute Gasteiger partial charge is 0.494 e. The Morgan fingerprint density at radius 3 is 2.60 bits per heavy atom. The number of ether oxygens (including phenoxy) is 1. The highest BCUT2D eigenvalue weighted by Gasteiger charge is 2.01. The monoisotopic (exact) mass is 226 g/mol. The van der Waals surface area contributed by atoms with Crippen LogP contribution in [-0.2, 0) is 12.3 Å². The molecule has 0 bridgehead atoms. The summed E-state index contributed by atoms with van der Waals surface area (Å²) in [5, 5.41) is 0. The number of unbranched alkanes of at least 4 members (excludes halogenated alkanes) is 1. The fraction of sp³-hybridized carbons (Fsp3) is 0.538. The molecule has 0 fully saturated rings. The molecule has 1 aromatic rings. The van der Waals surface area contributed by atoms with Crippen molar-refractivity contribution in [2.24, 2.45) is 0 Å². The molecule has 0 unspecified atom stereocenters. The highest BCUT2D eigenvalue weighted by Crippen LogP contribution is 2.20. The Morgan fingerprint density at radius 2 is 2.00 bits per heavy atom. The maximum atomic E-state index is 5.85. The van der Waals surface area contributed by atoms with Gasteiger partial charge in [-0.2, -0.15) is 0 Å². The summed E-state index contributed by atoms with van der Waals surface area (Å²) in [6, 6.07) is 6.17. The number of hydrogen-bond acceptors (Lipinski definition) is 1. The van der Waals surface area contributed by atoms with Gasteiger partial charge in [-0.3, -0.25) is 0 Å². The van der Waals surface area contributed by atoms with E-state index in [-0.39, 0.29) is 0 Å². The minimum Gasteiger partial charge on any atom is -0.494 e. The maximum Gasteiger partial charge on any atom is 0.119 e. The van der Waals surface area contributed by atoms with Crippen molar-refractivity contribution in [2.45, 2.75) is 39.0 Å². The van der Waals surface area contributed by atoms with Crippen LogP contribution in [0.15, 0.2) is 18.2 Å². The van der Waals surface area contributed by atoms with Gasteiger partial charge in [0.15, 0.2) is 0 Å². The van der Waals surface area contributed by atoms with Crippen LogP contribution in [0.25, 0.3) is 0 Å². The van der Waals surface area contributed by atoms with Gasteiger partial charge in [-0.25, -0.2) is 0 Å². The molecule has 0 radical (unpaired) electrons. The Balaban J connectivity index is 2.66. The molecular weight excluding hydrogens is 208 g/mol. The quantitative estimate of drug-likeness (QED) is 0.523. The molecule has 0 saturated carbocycles. The summed E-state index contributed by atoms with van der Waals surface area (Å²) in [4.78, 5) is 0. The highest BCUT2D eigenvalue weighted by molar-refractivity contribution is 6.17. The van der Waals surface area contributed by atoms with Crippen LogP contribution in [-0.4, -0.2) is 6.61 Å². The van der Waals surface area contributed by atoms with Crippen LogP contribution in [0.1, 0.15) is 37.8 Å². The smallest absolute Gasteiger partial charge is 0.119 e. The van der Waals surface area contributed by atoms with E-state index in [1.807, 2.05) is 6.07 Å². The average Bonchev–Trinajstić information content (AvgIpc) is 2.29. The molecule has 0 aliphatic rings. The van der Waals surface area contributed by atoms with E-state index in [1.165, 1.54) is 17.5 Å². The Hall–Kier alpha value is -0.690. The average molecular weight is 227 g/mol. The molecule has 0 aliphatic heterocycles. The van der Waals surface area contributed by atoms with Crippen molar-refractivity contribution < 1.29 is 4.74 Å². The first kappa shape index (κ1) is 12.4. The van der Waals surface area contributed by atoms with Gasteiger partial charge >= 0.3 is 0 Å². The molecule has 0 heterocycles. The number of halogens is 1. The first-order valence-corrected chi connectivity index (χ1v) is 6.15. The van der Waals surface area contributed by atoms with Gasteiger partial charge in [-0.15, -0.1) is 11.6 Å². The fourth-order valence-electron chi connectivity index (χ4n) is 1.49. The summed E-state index contributed by atoms with van der Waals surface area (Å²) < 4.78 is 5.65. The molecular formula is C13H19ClO. The van der Waals surface area contributed by atoms with E-state index in [4.69, 9.17) is 16.3 Å². The van der Waals surface area contributed by atoms with Crippen LogP contribution in [0.5, 0.6) is 5.75 Å². The van der Waals surface area contributed by atoms with Crippen molar-refractivity contribution in [1.29, 1.82) is 0 Å². The predicted molar refractivity (Wildman–Crippen MR) is 65.8 cm³/mol. The Bertz CT molecular complexity index is 297. The normalized spacial score (nSPS) is 10.3. The summed E-state index contributed by atoms with van der Waals surface area (Å²) in [6.07, 6.45) is 3.28. The summed E-state index contributed by atoms with van der Waals surface area (Å²) >= 11 is 5.85. The van der Waals surface area contributed by atoms with Crippen molar-refractivity contribution >= 4 is 11.6 Å². The first-order valence-electron chi connectivity index (χ1n) is 5.62. The summed E-state index contributed by atoms with van der Waals surface area (Å²) in [5.41, 5.74) is 2.50. The molecule has 84 valence electrons. The minimum atomic E-state index is 0.582. The standard InChI is InChI=1S/C13H19ClO/c1-3-5-8-15-13-7-6-12(10-14)11(4-2)9-13/h6-7,9H,3-5,8,10H2,1-2H3. The predicted octanol–water partition coefficient (Wildman–Crippen LogP) is 4.17. The van der Waals surface area contributed by atoms with Gasteiger partial charge < -0.3 is 4.74 Å². The number of benzene rings is 1. The number of alkyl halides is 1. The van der Waals surface area contributed by atoms with Gasteiger partial charge in [-0.05, 0) is 36.1 Å². The van der Waals surface area contributed by atoms with Crippen molar-refractivity contribution in [1.82, 2.24) is 0 Å². The molecule has 1 nitrogen and oxygen atoms in total. The lowest BCUT2D eigenvalue weighted by Crippen LogP contribution is -1.98. The van der Waals surface area contributed by atoms with E-state index in [2.05, 4.69) is 26.0 Å². The molecule has 0 aliphatic carbocycles. The molecule has 0 aromatic heterocycles. The number of hydrogen-bond donors (Lipinski definition) is 0. The zero-order valence-electron chi connectivity index (χ0n) is 9.55. The van der Waals surface area contributed by atoms with Crippen molar-refractivity contribution in [3.05, 3.63) is 29.3 Å². The minimum absolute atomic E-state index is 0.582. The van der Waals surface area contributed by atoms with Gasteiger partial charge in [0.25, 0.3) is 0 Å². The highest BCUT2D eigenvalue weighted by atomic mass is 35.5. The van der Waals surface area contributed by atoms with Crippen LogP contribution >= 0.6 is 11.6 Å². The molecule has 0 amide bonds. The molecule has 0 spiro atoms. The van der Waals surface area contributed by atoms with E-state index < -0.39 is 0 Å². The SMILES string of the molecule is CCCCOc1ccc(CCl)c(CC)c1. The van der Waals surface area contributed by atoms with Crippen LogP contribution in [0, 0.1) is 0 Å². The first-order chi connectivity index (χ1) is 7.31. The zero-order valence-corrected chi connectivity index (χ0v) is 10.3. The summed E-state index contributed by atoms with van der Waals surface area (Å²) in [7, 11) is 0. The van der Waals surface area contributed by atoms with Crippen molar-refractivity contribution in [3.63, 3.8) is 0 Å². The fourth-order valence-corrected chi connectivity index (χ4v) is 1.75. The van der Waals surface area contributed by atoms with E-state index in [1.54, 1.807) is 0 Å². The summed E-state index contributed by atoms with van der Waals surface area (Å²) in [6.45, 7) is 5.11. The second kappa shape index (κ2) is 6.73. The zero-order chi connectivity index (χ0) is 11.1. The molecule has 2 heteroatoms. The lowest BCUT2D eigenvalue weighted by Gasteiger charge is -2.09. The van der Waals surface area contributed by atoms with Crippen LogP contribution in [0.3, 0.4) is 0 Å². The Kier molecular flexibility index (Phi) is 5.56. The van der Waals surface area contributed by atoms with Crippen LogP contribution in [0.4, 0.5) is 0 Å².